The Morgan fingerprint density at radius 2 is 2.36 bits per heavy atom. The minimum Gasteiger partial charge on any atom is -0.385 e. The van der Waals surface area contributed by atoms with E-state index in [1.165, 1.54) is 18.3 Å². The number of aliphatic hydroxyl groups is 1. The van der Waals surface area contributed by atoms with E-state index >= 15 is 0 Å². The van der Waals surface area contributed by atoms with E-state index in [0.29, 0.717) is 0 Å². The Labute approximate surface area is 62.5 Å². The Hall–Kier alpha value is -1.03. The molecule has 0 aliphatic heterocycles. The molecule has 0 bridgehead atoms. The molecular weight excluding hydrogens is 152 g/mol. The third kappa shape index (κ3) is 1.71. The smallest absolute Gasteiger partial charge is 0.218 e. The SMILES string of the molecule is OC(CF)c1cccnc1F. The molecule has 1 aromatic heterocycles. The van der Waals surface area contributed by atoms with E-state index in [-0.39, 0.29) is 5.56 Å². The van der Waals surface area contributed by atoms with Gasteiger partial charge in [-0.2, -0.15) is 4.39 Å². The maximum Gasteiger partial charge on any atom is 0.218 e. The molecule has 0 fully saturated rings. The number of rotatable bonds is 2. The highest BCUT2D eigenvalue weighted by Crippen LogP contribution is 2.14. The minimum atomic E-state index is -1.40. The van der Waals surface area contributed by atoms with Gasteiger partial charge in [0.1, 0.15) is 12.8 Å². The van der Waals surface area contributed by atoms with Crippen molar-refractivity contribution >= 4 is 0 Å². The molecule has 2 nitrogen and oxygen atoms in total. The fraction of sp³-hybridized carbons (Fsp3) is 0.286. The van der Waals surface area contributed by atoms with E-state index in [9.17, 15) is 8.78 Å². The van der Waals surface area contributed by atoms with E-state index in [2.05, 4.69) is 4.98 Å². The summed E-state index contributed by atoms with van der Waals surface area (Å²) >= 11 is 0. The van der Waals surface area contributed by atoms with Gasteiger partial charge >= 0.3 is 0 Å². The first-order chi connectivity index (χ1) is 5.25. The molecule has 60 valence electrons. The molecule has 0 aromatic carbocycles. The molecule has 0 spiro atoms. The van der Waals surface area contributed by atoms with Crippen molar-refractivity contribution < 1.29 is 13.9 Å². The Bertz CT molecular complexity index is 242. The van der Waals surface area contributed by atoms with E-state index < -0.39 is 18.7 Å². The van der Waals surface area contributed by atoms with Crippen molar-refractivity contribution in [2.45, 2.75) is 6.10 Å². The summed E-state index contributed by atoms with van der Waals surface area (Å²) in [6, 6.07) is 2.74. The summed E-state index contributed by atoms with van der Waals surface area (Å²) in [6.45, 7) is -0.997. The second-order valence-electron chi connectivity index (χ2n) is 2.05. The van der Waals surface area contributed by atoms with Crippen LogP contribution in [0.5, 0.6) is 0 Å². The fourth-order valence-electron chi connectivity index (χ4n) is 0.730. The van der Waals surface area contributed by atoms with Gasteiger partial charge in [0, 0.05) is 11.8 Å². The third-order valence-electron chi connectivity index (χ3n) is 1.29. The van der Waals surface area contributed by atoms with Crippen molar-refractivity contribution in [2.24, 2.45) is 0 Å². The Balaban J connectivity index is 2.93. The highest BCUT2D eigenvalue weighted by Gasteiger charge is 2.11. The summed E-state index contributed by atoms with van der Waals surface area (Å²) in [5.41, 5.74) is -0.102. The first-order valence-electron chi connectivity index (χ1n) is 3.10. The summed E-state index contributed by atoms with van der Waals surface area (Å²) in [5, 5.41) is 8.86. The lowest BCUT2D eigenvalue weighted by Gasteiger charge is -2.04. The molecule has 0 saturated carbocycles. The molecule has 1 unspecified atom stereocenters. The molecule has 0 aliphatic rings. The average molecular weight is 159 g/mol. The van der Waals surface area contributed by atoms with Crippen molar-refractivity contribution in [1.29, 1.82) is 0 Å². The molecule has 0 amide bonds. The van der Waals surface area contributed by atoms with Crippen LogP contribution in [0.1, 0.15) is 11.7 Å². The second-order valence-corrected chi connectivity index (χ2v) is 2.05. The Kier molecular flexibility index (Phi) is 2.48. The molecule has 1 rings (SSSR count). The number of nitrogens with zero attached hydrogens (tertiary/aromatic N) is 1. The van der Waals surface area contributed by atoms with Gasteiger partial charge in [0.05, 0.1) is 0 Å². The van der Waals surface area contributed by atoms with Crippen LogP contribution in [0, 0.1) is 5.95 Å². The van der Waals surface area contributed by atoms with Crippen LogP contribution in [0.3, 0.4) is 0 Å². The largest absolute Gasteiger partial charge is 0.385 e. The maximum absolute atomic E-state index is 12.6. The van der Waals surface area contributed by atoms with E-state index in [4.69, 9.17) is 5.11 Å². The molecule has 0 saturated heterocycles. The molecule has 1 N–H and O–H groups in total. The zero-order valence-corrected chi connectivity index (χ0v) is 5.67. The van der Waals surface area contributed by atoms with Gasteiger partial charge in [-0.1, -0.05) is 6.07 Å². The van der Waals surface area contributed by atoms with Gasteiger partial charge in [-0.05, 0) is 6.07 Å². The van der Waals surface area contributed by atoms with E-state index in [0.717, 1.165) is 0 Å². The lowest BCUT2D eigenvalue weighted by Crippen LogP contribution is -2.03. The number of hydrogen-bond donors (Lipinski definition) is 1. The predicted octanol–water partition coefficient (Wildman–Crippen LogP) is 1.22. The molecule has 4 heteroatoms. The van der Waals surface area contributed by atoms with Crippen LogP contribution >= 0.6 is 0 Å². The molecule has 0 radical (unpaired) electrons. The number of pyridine rings is 1. The van der Waals surface area contributed by atoms with Gasteiger partial charge in [0.15, 0.2) is 0 Å². The van der Waals surface area contributed by atoms with Crippen molar-refractivity contribution in [3.63, 3.8) is 0 Å². The summed E-state index contributed by atoms with van der Waals surface area (Å²) < 4.78 is 24.4. The van der Waals surface area contributed by atoms with Gasteiger partial charge in [-0.25, -0.2) is 9.37 Å². The zero-order valence-electron chi connectivity index (χ0n) is 5.67. The molecule has 0 aliphatic carbocycles. The standard InChI is InChI=1S/C7H7F2NO/c8-4-6(11)5-2-1-3-10-7(5)9/h1-3,6,11H,4H2. The molecule has 1 atom stereocenters. The molecule has 1 aromatic rings. The first-order valence-corrected chi connectivity index (χ1v) is 3.10. The number of aliphatic hydroxyl groups excluding tert-OH is 1. The molecule has 11 heavy (non-hydrogen) atoms. The highest BCUT2D eigenvalue weighted by atomic mass is 19.1. The number of alkyl halides is 1. The maximum atomic E-state index is 12.6. The third-order valence-corrected chi connectivity index (χ3v) is 1.29. The lowest BCUT2D eigenvalue weighted by molar-refractivity contribution is 0.137. The number of halogens is 2. The van der Waals surface area contributed by atoms with Gasteiger partial charge < -0.3 is 5.11 Å². The first kappa shape index (κ1) is 8.07. The Morgan fingerprint density at radius 1 is 1.64 bits per heavy atom. The predicted molar refractivity (Wildman–Crippen MR) is 35.1 cm³/mol. The van der Waals surface area contributed by atoms with Crippen LogP contribution < -0.4 is 0 Å². The summed E-state index contributed by atoms with van der Waals surface area (Å²) in [6.07, 6.45) is -0.159. The summed E-state index contributed by atoms with van der Waals surface area (Å²) in [7, 11) is 0. The topological polar surface area (TPSA) is 33.1 Å². The summed E-state index contributed by atoms with van der Waals surface area (Å²) in [5.74, 6) is -0.822. The zero-order chi connectivity index (χ0) is 8.27. The van der Waals surface area contributed by atoms with Crippen LogP contribution in [0.2, 0.25) is 0 Å². The lowest BCUT2D eigenvalue weighted by atomic mass is 10.2. The molecule has 1 heterocycles. The van der Waals surface area contributed by atoms with Gasteiger partial charge in [0.2, 0.25) is 5.95 Å². The van der Waals surface area contributed by atoms with E-state index in [1.54, 1.807) is 0 Å². The van der Waals surface area contributed by atoms with Crippen LogP contribution in [0.15, 0.2) is 18.3 Å². The summed E-state index contributed by atoms with van der Waals surface area (Å²) in [4.78, 5) is 3.25. The quantitative estimate of drug-likeness (QED) is 0.658. The van der Waals surface area contributed by atoms with Crippen LogP contribution in [-0.2, 0) is 0 Å². The normalized spacial score (nSPS) is 13.0. The van der Waals surface area contributed by atoms with Crippen molar-refractivity contribution in [3.05, 3.63) is 29.8 Å². The number of aromatic nitrogens is 1. The fourth-order valence-corrected chi connectivity index (χ4v) is 0.730. The monoisotopic (exact) mass is 159 g/mol. The van der Waals surface area contributed by atoms with Crippen LogP contribution in [0.25, 0.3) is 0 Å². The average Bonchev–Trinajstić information content (AvgIpc) is 2.04. The van der Waals surface area contributed by atoms with Crippen molar-refractivity contribution in [3.8, 4) is 0 Å². The van der Waals surface area contributed by atoms with Crippen LogP contribution in [0.4, 0.5) is 8.78 Å². The second kappa shape index (κ2) is 3.39. The number of hydrogen-bond acceptors (Lipinski definition) is 2. The molecular formula is C7H7F2NO. The van der Waals surface area contributed by atoms with Gasteiger partial charge in [0.25, 0.3) is 0 Å². The minimum absolute atomic E-state index is 0.102. The van der Waals surface area contributed by atoms with Crippen LogP contribution in [-0.4, -0.2) is 16.8 Å². The van der Waals surface area contributed by atoms with Gasteiger partial charge in [-0.3, -0.25) is 0 Å². The Morgan fingerprint density at radius 3 is 2.91 bits per heavy atom. The van der Waals surface area contributed by atoms with Crippen molar-refractivity contribution in [1.82, 2.24) is 4.98 Å². The highest BCUT2D eigenvalue weighted by molar-refractivity contribution is 5.13. The van der Waals surface area contributed by atoms with Crippen molar-refractivity contribution in [2.75, 3.05) is 6.67 Å². The van der Waals surface area contributed by atoms with Gasteiger partial charge in [-0.15, -0.1) is 0 Å². The van der Waals surface area contributed by atoms with E-state index in [1.807, 2.05) is 0 Å².